The molecule has 8 heavy (non-hydrogen) atoms. The van der Waals surface area contributed by atoms with Gasteiger partial charge in [0.25, 0.3) is 0 Å². The van der Waals surface area contributed by atoms with Gasteiger partial charge in [-0.05, 0) is 25.7 Å². The van der Waals surface area contributed by atoms with Crippen LogP contribution < -0.4 is 0 Å². The Morgan fingerprint density at radius 2 is 2.38 bits per heavy atom. The summed E-state index contributed by atoms with van der Waals surface area (Å²) in [6, 6.07) is 0. The molecule has 0 aromatic carbocycles. The molecule has 0 aliphatic heterocycles. The maximum Gasteiger partial charge on any atom is 0.00343 e. The lowest BCUT2D eigenvalue weighted by Gasteiger charge is -2.12. The van der Waals surface area contributed by atoms with Crippen molar-refractivity contribution in [1.29, 1.82) is 0 Å². The van der Waals surface area contributed by atoms with Gasteiger partial charge < -0.3 is 0 Å². The monoisotopic (exact) mass is 174 g/mol. The van der Waals surface area contributed by atoms with Crippen molar-refractivity contribution in [2.45, 2.75) is 25.7 Å². The topological polar surface area (TPSA) is 0 Å². The Morgan fingerprint density at radius 1 is 1.62 bits per heavy atom. The summed E-state index contributed by atoms with van der Waals surface area (Å²) in [6.07, 6.45) is 7.68. The SMILES string of the molecule is BrCCCC1=CCC1. The molecule has 1 aliphatic rings. The third kappa shape index (κ3) is 1.62. The highest BCUT2D eigenvalue weighted by Gasteiger charge is 2.02. The zero-order valence-corrected chi connectivity index (χ0v) is 6.58. The van der Waals surface area contributed by atoms with Crippen LogP contribution in [0.25, 0.3) is 0 Å². The Balaban J connectivity index is 2.02. The van der Waals surface area contributed by atoms with E-state index in [9.17, 15) is 0 Å². The average molecular weight is 175 g/mol. The van der Waals surface area contributed by atoms with E-state index >= 15 is 0 Å². The fourth-order valence-corrected chi connectivity index (χ4v) is 1.15. The molecule has 0 nitrogen and oxygen atoms in total. The van der Waals surface area contributed by atoms with Crippen LogP contribution in [-0.4, -0.2) is 5.33 Å². The summed E-state index contributed by atoms with van der Waals surface area (Å²) in [5.74, 6) is 0. The highest BCUT2D eigenvalue weighted by atomic mass is 79.9. The lowest BCUT2D eigenvalue weighted by atomic mass is 9.95. The maximum atomic E-state index is 3.40. The zero-order valence-electron chi connectivity index (χ0n) is 4.99. The number of rotatable bonds is 3. The molecule has 46 valence electrons. The van der Waals surface area contributed by atoms with Gasteiger partial charge in [-0.2, -0.15) is 0 Å². The molecule has 1 heteroatoms. The van der Waals surface area contributed by atoms with Crippen LogP contribution in [0.1, 0.15) is 25.7 Å². The van der Waals surface area contributed by atoms with Crippen LogP contribution >= 0.6 is 15.9 Å². The van der Waals surface area contributed by atoms with E-state index in [-0.39, 0.29) is 0 Å². The van der Waals surface area contributed by atoms with Gasteiger partial charge in [0.2, 0.25) is 0 Å². The van der Waals surface area contributed by atoms with Crippen LogP contribution in [0.4, 0.5) is 0 Å². The maximum absolute atomic E-state index is 3.40. The van der Waals surface area contributed by atoms with Gasteiger partial charge in [-0.3, -0.25) is 0 Å². The number of hydrogen-bond acceptors (Lipinski definition) is 0. The van der Waals surface area contributed by atoms with Crippen molar-refractivity contribution in [2.24, 2.45) is 0 Å². The Bertz CT molecular complexity index is 94.6. The van der Waals surface area contributed by atoms with Crippen LogP contribution in [0.5, 0.6) is 0 Å². The van der Waals surface area contributed by atoms with Crippen molar-refractivity contribution in [3.8, 4) is 0 Å². The summed E-state index contributed by atoms with van der Waals surface area (Å²) in [7, 11) is 0. The Kier molecular flexibility index (Phi) is 2.60. The van der Waals surface area contributed by atoms with Crippen molar-refractivity contribution in [3.05, 3.63) is 11.6 Å². The summed E-state index contributed by atoms with van der Waals surface area (Å²) in [6.45, 7) is 0. The van der Waals surface area contributed by atoms with Gasteiger partial charge in [-0.15, -0.1) is 0 Å². The summed E-state index contributed by atoms with van der Waals surface area (Å²) in [4.78, 5) is 0. The molecule has 0 bridgehead atoms. The van der Waals surface area contributed by atoms with Gasteiger partial charge in [-0.25, -0.2) is 0 Å². The second kappa shape index (κ2) is 3.29. The predicted octanol–water partition coefficient (Wildman–Crippen LogP) is 2.88. The Morgan fingerprint density at radius 3 is 2.75 bits per heavy atom. The third-order valence-electron chi connectivity index (χ3n) is 1.53. The fraction of sp³-hybridized carbons (Fsp3) is 0.714. The van der Waals surface area contributed by atoms with Crippen molar-refractivity contribution in [2.75, 3.05) is 5.33 Å². The lowest BCUT2D eigenvalue weighted by Crippen LogP contribution is -1.93. The van der Waals surface area contributed by atoms with Crippen LogP contribution in [0.3, 0.4) is 0 Å². The van der Waals surface area contributed by atoms with E-state index in [4.69, 9.17) is 0 Å². The summed E-state index contributed by atoms with van der Waals surface area (Å²) in [5.41, 5.74) is 1.67. The van der Waals surface area contributed by atoms with E-state index in [1.807, 2.05) is 0 Å². The first-order valence-electron chi connectivity index (χ1n) is 3.17. The molecule has 0 saturated heterocycles. The van der Waals surface area contributed by atoms with Crippen molar-refractivity contribution >= 4 is 15.9 Å². The highest BCUT2D eigenvalue weighted by molar-refractivity contribution is 9.09. The van der Waals surface area contributed by atoms with Gasteiger partial charge in [-0.1, -0.05) is 27.6 Å². The largest absolute Gasteiger partial charge is 0.0928 e. The van der Waals surface area contributed by atoms with Crippen LogP contribution in [-0.2, 0) is 0 Å². The third-order valence-corrected chi connectivity index (χ3v) is 2.09. The second-order valence-corrected chi connectivity index (χ2v) is 2.99. The number of halogens is 1. The van der Waals surface area contributed by atoms with Gasteiger partial charge >= 0.3 is 0 Å². The number of hydrogen-bond donors (Lipinski definition) is 0. The van der Waals surface area contributed by atoms with Gasteiger partial charge in [0.05, 0.1) is 0 Å². The zero-order chi connectivity index (χ0) is 5.82. The van der Waals surface area contributed by atoms with Crippen LogP contribution in [0.2, 0.25) is 0 Å². The first-order valence-corrected chi connectivity index (χ1v) is 4.29. The first kappa shape index (κ1) is 6.34. The van der Waals surface area contributed by atoms with E-state index in [0.29, 0.717) is 0 Å². The molecular weight excluding hydrogens is 164 g/mol. The van der Waals surface area contributed by atoms with Gasteiger partial charge in [0.15, 0.2) is 0 Å². The lowest BCUT2D eigenvalue weighted by molar-refractivity contribution is 0.769. The van der Waals surface area contributed by atoms with E-state index in [2.05, 4.69) is 22.0 Å². The highest BCUT2D eigenvalue weighted by Crippen LogP contribution is 2.22. The standard InChI is InChI=1S/C7H11Br/c8-6-2-5-7-3-1-4-7/h3H,1-2,4-6H2. The molecule has 0 amide bonds. The molecule has 0 fully saturated rings. The molecule has 0 aromatic rings. The fourth-order valence-electron chi connectivity index (χ4n) is 0.869. The smallest absolute Gasteiger partial charge is 0.00343 e. The van der Waals surface area contributed by atoms with E-state index in [0.717, 1.165) is 5.33 Å². The summed E-state index contributed by atoms with van der Waals surface area (Å²) >= 11 is 3.40. The minimum absolute atomic E-state index is 1.16. The average Bonchev–Trinajstić information content (AvgIpc) is 1.63. The summed E-state index contributed by atoms with van der Waals surface area (Å²) in [5, 5.41) is 1.16. The van der Waals surface area contributed by atoms with Crippen molar-refractivity contribution < 1.29 is 0 Å². The minimum Gasteiger partial charge on any atom is -0.0928 e. The Hall–Kier alpha value is 0.220. The second-order valence-electron chi connectivity index (χ2n) is 2.19. The van der Waals surface area contributed by atoms with Crippen molar-refractivity contribution in [3.63, 3.8) is 0 Å². The van der Waals surface area contributed by atoms with E-state index in [1.54, 1.807) is 5.57 Å². The Labute approximate surface area is 59.1 Å². The van der Waals surface area contributed by atoms with E-state index in [1.165, 1.54) is 25.7 Å². The van der Waals surface area contributed by atoms with E-state index < -0.39 is 0 Å². The molecule has 0 heterocycles. The molecule has 1 rings (SSSR count). The molecule has 0 saturated carbocycles. The normalized spacial score (nSPS) is 17.4. The number of allylic oxidation sites excluding steroid dienone is 2. The first-order chi connectivity index (χ1) is 3.93. The molecule has 0 atom stereocenters. The molecule has 0 unspecified atom stereocenters. The molecular formula is C7H11Br. The summed E-state index contributed by atoms with van der Waals surface area (Å²) < 4.78 is 0. The molecule has 0 aromatic heterocycles. The number of alkyl halides is 1. The molecule has 0 N–H and O–H groups in total. The van der Waals surface area contributed by atoms with Crippen LogP contribution in [0, 0.1) is 0 Å². The minimum atomic E-state index is 1.16. The molecule has 0 radical (unpaired) electrons. The van der Waals surface area contributed by atoms with Crippen molar-refractivity contribution in [1.82, 2.24) is 0 Å². The van der Waals surface area contributed by atoms with Gasteiger partial charge in [0, 0.05) is 5.33 Å². The molecule has 0 spiro atoms. The van der Waals surface area contributed by atoms with Crippen LogP contribution in [0.15, 0.2) is 11.6 Å². The molecule has 1 aliphatic carbocycles. The van der Waals surface area contributed by atoms with Gasteiger partial charge in [0.1, 0.15) is 0 Å². The predicted molar refractivity (Wildman–Crippen MR) is 40.3 cm³/mol. The quantitative estimate of drug-likeness (QED) is 0.457.